The number of aryl methyl sites for hydroxylation is 1. The van der Waals surface area contributed by atoms with Crippen molar-refractivity contribution >= 4 is 46.5 Å². The van der Waals surface area contributed by atoms with E-state index in [0.29, 0.717) is 32.7 Å². The van der Waals surface area contributed by atoms with E-state index in [4.69, 9.17) is 21.4 Å². The second kappa shape index (κ2) is 10.4. The first-order valence-electron chi connectivity index (χ1n) is 9.56. The molecular formula is C21H18BClN4O3S2. The van der Waals surface area contributed by atoms with Crippen LogP contribution in [-0.4, -0.2) is 37.9 Å². The van der Waals surface area contributed by atoms with Crippen molar-refractivity contribution in [1.82, 2.24) is 15.0 Å². The fourth-order valence-electron chi connectivity index (χ4n) is 2.71. The van der Waals surface area contributed by atoms with Gasteiger partial charge in [-0.2, -0.15) is 0 Å². The third-order valence-electron chi connectivity index (χ3n) is 4.31. The van der Waals surface area contributed by atoms with Gasteiger partial charge in [-0.3, -0.25) is 0 Å². The third kappa shape index (κ3) is 5.65. The average Bonchev–Trinajstić information content (AvgIpc) is 3.25. The van der Waals surface area contributed by atoms with Crippen molar-refractivity contribution in [3.05, 3.63) is 76.0 Å². The number of pyridine rings is 2. The first-order chi connectivity index (χ1) is 15.5. The van der Waals surface area contributed by atoms with Gasteiger partial charge in [0.1, 0.15) is 0 Å². The Balaban J connectivity index is 1.72. The molecule has 0 bridgehead atoms. The predicted octanol–water partition coefficient (Wildman–Crippen LogP) is 4.37. The number of aliphatic hydroxyl groups excluding tert-OH is 2. The van der Waals surface area contributed by atoms with Gasteiger partial charge in [0.25, 0.3) is 0 Å². The van der Waals surface area contributed by atoms with Crippen LogP contribution in [0.4, 0.5) is 5.82 Å². The van der Waals surface area contributed by atoms with Gasteiger partial charge in [0.2, 0.25) is 0 Å². The maximum absolute atomic E-state index is 9.81. The molecule has 4 rings (SSSR count). The Bertz CT molecular complexity index is 1300. The van der Waals surface area contributed by atoms with Crippen molar-refractivity contribution < 1.29 is 14.9 Å². The van der Waals surface area contributed by atoms with Crippen LogP contribution in [-0.2, 0) is 0 Å². The van der Waals surface area contributed by atoms with E-state index in [2.05, 4.69) is 19.9 Å². The van der Waals surface area contributed by atoms with Crippen molar-refractivity contribution in [3.8, 4) is 11.5 Å². The monoisotopic (exact) mass is 484 g/mol. The van der Waals surface area contributed by atoms with Crippen LogP contribution >= 0.6 is 34.5 Å². The Kier molecular flexibility index (Phi) is 7.38. The summed E-state index contributed by atoms with van der Waals surface area (Å²) in [6.45, 7) is 1.48. The van der Waals surface area contributed by atoms with Crippen molar-refractivity contribution in [3.63, 3.8) is 0 Å². The van der Waals surface area contributed by atoms with Gasteiger partial charge in [-0.1, -0.05) is 0 Å². The number of H-pyrrole nitrogens is 1. The van der Waals surface area contributed by atoms with Crippen molar-refractivity contribution in [2.75, 3.05) is 6.61 Å². The molecule has 0 aliphatic rings. The third-order valence-corrected chi connectivity index (χ3v) is 6.28. The molecule has 11 heteroatoms. The molecule has 1 unspecified atom stereocenters. The molecule has 3 heterocycles. The number of halogens is 1. The SMILES string of the molecule is Cc1ncccc1Oc1cc(Sc2cccc(Cl)c2)cnc1/N=c1/[nH]c(C(O)CO)bs1. The van der Waals surface area contributed by atoms with Crippen LogP contribution in [0.15, 0.2) is 69.6 Å². The Hall–Kier alpha value is -2.50. The number of aliphatic hydroxyl groups is 2. The van der Waals surface area contributed by atoms with Crippen LogP contribution in [0.25, 0.3) is 0 Å². The summed E-state index contributed by atoms with van der Waals surface area (Å²) in [5, 5.41) is 19.6. The van der Waals surface area contributed by atoms with Crippen molar-refractivity contribution in [2.24, 2.45) is 4.99 Å². The number of hydrogen-bond acceptors (Lipinski definition) is 8. The molecule has 32 heavy (non-hydrogen) atoms. The summed E-state index contributed by atoms with van der Waals surface area (Å²) in [5.41, 5.74) is 1.22. The van der Waals surface area contributed by atoms with Crippen LogP contribution in [0.1, 0.15) is 17.4 Å². The Morgan fingerprint density at radius 2 is 2.09 bits per heavy atom. The second-order valence-corrected chi connectivity index (χ2v) is 9.11. The number of rotatable bonds is 7. The second-order valence-electron chi connectivity index (χ2n) is 6.67. The zero-order chi connectivity index (χ0) is 22.5. The van der Waals surface area contributed by atoms with Crippen LogP contribution in [0.5, 0.6) is 11.5 Å². The molecule has 162 valence electrons. The molecule has 7 nitrogen and oxygen atoms in total. The summed E-state index contributed by atoms with van der Waals surface area (Å²) in [5.74, 6) is 1.42. The Labute approximate surface area is 198 Å². The van der Waals surface area contributed by atoms with Crippen LogP contribution in [0.2, 0.25) is 5.02 Å². The number of nitrogens with zero attached hydrogens (tertiary/aromatic N) is 3. The minimum absolute atomic E-state index is 0.367. The zero-order valence-electron chi connectivity index (χ0n) is 16.9. The minimum atomic E-state index is -0.992. The number of benzene rings is 1. The molecule has 0 spiro atoms. The number of hydrogen-bond donors (Lipinski definition) is 3. The molecule has 3 N–H and O–H groups in total. The van der Waals surface area contributed by atoms with Gasteiger partial charge in [-0.05, 0) is 0 Å². The zero-order valence-corrected chi connectivity index (χ0v) is 19.3. The normalized spacial score (nSPS) is 12.6. The molecule has 0 fully saturated rings. The van der Waals surface area contributed by atoms with E-state index in [9.17, 15) is 5.11 Å². The molecule has 0 amide bonds. The van der Waals surface area contributed by atoms with Gasteiger partial charge in [-0.15, -0.1) is 0 Å². The molecule has 1 atom stereocenters. The van der Waals surface area contributed by atoms with Crippen LogP contribution in [0.3, 0.4) is 0 Å². The fourth-order valence-corrected chi connectivity index (χ4v) is 4.61. The quantitative estimate of drug-likeness (QED) is 0.360. The number of ether oxygens (including phenoxy) is 1. The van der Waals surface area contributed by atoms with Gasteiger partial charge >= 0.3 is 198 Å². The fraction of sp³-hybridized carbons (Fsp3) is 0.143. The topological polar surface area (TPSA) is 104 Å². The molecule has 0 saturated heterocycles. The molecule has 0 aliphatic carbocycles. The molecule has 0 saturated carbocycles. The van der Waals surface area contributed by atoms with Crippen molar-refractivity contribution in [2.45, 2.75) is 22.8 Å². The summed E-state index contributed by atoms with van der Waals surface area (Å²) in [7, 11) is 0. The summed E-state index contributed by atoms with van der Waals surface area (Å²) < 4.78 is 6.13. The maximum atomic E-state index is 9.81. The molecule has 1 aromatic carbocycles. The van der Waals surface area contributed by atoms with E-state index < -0.39 is 6.10 Å². The Morgan fingerprint density at radius 1 is 1.22 bits per heavy atom. The molecule has 3 aromatic heterocycles. The van der Waals surface area contributed by atoms with Crippen LogP contribution in [0, 0.1) is 6.92 Å². The average molecular weight is 485 g/mol. The van der Waals surface area contributed by atoms with E-state index in [1.807, 2.05) is 43.3 Å². The number of nitrogens with one attached hydrogen (secondary N) is 1. The van der Waals surface area contributed by atoms with E-state index in [1.54, 1.807) is 24.6 Å². The molecule has 0 aliphatic heterocycles. The van der Waals surface area contributed by atoms with Gasteiger partial charge in [-0.25, -0.2) is 0 Å². The molecular weight excluding hydrogens is 467 g/mol. The van der Waals surface area contributed by atoms with Crippen molar-refractivity contribution in [1.29, 1.82) is 0 Å². The molecule has 0 radical (unpaired) electrons. The van der Waals surface area contributed by atoms with E-state index in [-0.39, 0.29) is 6.61 Å². The van der Waals surface area contributed by atoms with Crippen LogP contribution < -0.4 is 9.54 Å². The van der Waals surface area contributed by atoms with E-state index >= 15 is 0 Å². The van der Waals surface area contributed by atoms with E-state index in [0.717, 1.165) is 15.5 Å². The standard InChI is InChI=1S/C21H18BClN4O3S2/c1-12-17(6-3-7-24-12)30-18-9-15(31-14-5-2-4-13(23)8-14)10-25-20(18)27-21-26-19(22-32-21)16(29)11-28/h2-10,16,28-29H,11H2,1H3,(H,25,26,27). The summed E-state index contributed by atoms with van der Waals surface area (Å²) >= 11 is 8.91. The first-order valence-corrected chi connectivity index (χ1v) is 11.6. The summed E-state index contributed by atoms with van der Waals surface area (Å²) in [4.78, 5) is 18.7. The van der Waals surface area contributed by atoms with Gasteiger partial charge in [0.05, 0.1) is 0 Å². The van der Waals surface area contributed by atoms with Gasteiger partial charge in [0.15, 0.2) is 0 Å². The Morgan fingerprint density at radius 3 is 2.88 bits per heavy atom. The number of aromatic amines is 1. The summed E-state index contributed by atoms with van der Waals surface area (Å²) in [6.07, 6.45) is 4.12. The van der Waals surface area contributed by atoms with Gasteiger partial charge in [0, 0.05) is 0 Å². The van der Waals surface area contributed by atoms with Gasteiger partial charge < -0.3 is 0 Å². The summed E-state index contributed by atoms with van der Waals surface area (Å²) in [6, 6.07) is 13.1. The molecule has 4 aromatic rings. The first kappa shape index (κ1) is 22.7. The number of aromatic nitrogens is 3. The van der Waals surface area contributed by atoms with E-state index in [1.165, 1.54) is 22.9 Å². The predicted molar refractivity (Wildman–Crippen MR) is 126 cm³/mol.